The number of rotatable bonds is 3. The van der Waals surface area contributed by atoms with Crippen molar-refractivity contribution in [2.24, 2.45) is 5.11 Å². The predicted octanol–water partition coefficient (Wildman–Crippen LogP) is 0.384. The summed E-state index contributed by atoms with van der Waals surface area (Å²) < 4.78 is 13.2. The molecular weight excluding hydrogens is 264 g/mol. The number of ether oxygens (including phenoxy) is 2. The molecule has 2 fully saturated rings. The van der Waals surface area contributed by atoms with Gasteiger partial charge in [0.15, 0.2) is 17.7 Å². The highest BCUT2D eigenvalue weighted by molar-refractivity contribution is 5.81. The van der Waals surface area contributed by atoms with Crippen molar-refractivity contribution in [1.29, 1.82) is 0 Å². The molecule has 102 valence electrons. The Balaban J connectivity index is 1.68. The quantitative estimate of drug-likeness (QED) is 0.371. The molecule has 2 aromatic heterocycles. The Kier molecular flexibility index (Phi) is 2.30. The molecule has 2 saturated heterocycles. The largest absolute Gasteiger partial charge is 0.382 e. The van der Waals surface area contributed by atoms with Gasteiger partial charge < -0.3 is 15.2 Å². The van der Waals surface area contributed by atoms with Crippen LogP contribution in [0.2, 0.25) is 0 Å². The van der Waals surface area contributed by atoms with Gasteiger partial charge in [-0.1, -0.05) is 5.11 Å². The molecule has 0 saturated carbocycles. The van der Waals surface area contributed by atoms with Crippen molar-refractivity contribution in [2.75, 3.05) is 12.3 Å². The van der Waals surface area contributed by atoms with Crippen LogP contribution >= 0.6 is 0 Å². The van der Waals surface area contributed by atoms with Crippen LogP contribution in [0, 0.1) is 0 Å². The summed E-state index contributed by atoms with van der Waals surface area (Å²) in [5, 5.41) is 3.53. The summed E-state index contributed by atoms with van der Waals surface area (Å²) in [4.78, 5) is 15.0. The minimum absolute atomic E-state index is 0.0397. The van der Waals surface area contributed by atoms with Crippen LogP contribution in [0.15, 0.2) is 17.8 Å². The van der Waals surface area contributed by atoms with E-state index in [1.54, 1.807) is 10.9 Å². The first-order chi connectivity index (χ1) is 9.79. The molecule has 0 aromatic carbocycles. The van der Waals surface area contributed by atoms with Gasteiger partial charge in [0.05, 0.1) is 19.0 Å². The number of azide groups is 1. The molecule has 20 heavy (non-hydrogen) atoms. The van der Waals surface area contributed by atoms with Crippen LogP contribution in [0.3, 0.4) is 0 Å². The van der Waals surface area contributed by atoms with Gasteiger partial charge in [-0.3, -0.25) is 4.57 Å². The highest BCUT2D eigenvalue weighted by Gasteiger charge is 2.58. The third kappa shape index (κ3) is 1.53. The second kappa shape index (κ2) is 4.04. The molecule has 2 N–H and O–H groups in total. The van der Waals surface area contributed by atoms with Crippen LogP contribution in [0.5, 0.6) is 0 Å². The minimum Gasteiger partial charge on any atom is -0.382 e. The van der Waals surface area contributed by atoms with Crippen molar-refractivity contribution < 1.29 is 9.47 Å². The van der Waals surface area contributed by atoms with E-state index in [2.05, 4.69) is 25.0 Å². The summed E-state index contributed by atoms with van der Waals surface area (Å²) in [6, 6.07) is 0. The van der Waals surface area contributed by atoms with Gasteiger partial charge >= 0.3 is 0 Å². The van der Waals surface area contributed by atoms with E-state index in [-0.39, 0.29) is 31.1 Å². The molecule has 4 atom stereocenters. The van der Waals surface area contributed by atoms with Crippen molar-refractivity contribution in [3.8, 4) is 0 Å². The fraction of sp³-hybridized carbons (Fsp3) is 0.500. The number of hydrogen-bond donors (Lipinski definition) is 1. The molecular formula is C10H10N8O2. The van der Waals surface area contributed by atoms with Gasteiger partial charge in [-0.05, 0) is 5.53 Å². The summed E-state index contributed by atoms with van der Waals surface area (Å²) in [7, 11) is 0. The van der Waals surface area contributed by atoms with Gasteiger partial charge in [-0.15, -0.1) is 0 Å². The number of nitrogen functional groups attached to an aromatic ring is 1. The third-order valence-corrected chi connectivity index (χ3v) is 3.51. The van der Waals surface area contributed by atoms with E-state index in [0.717, 1.165) is 0 Å². The molecule has 0 spiro atoms. The number of epoxide rings is 1. The zero-order valence-corrected chi connectivity index (χ0v) is 10.2. The molecule has 4 heterocycles. The van der Waals surface area contributed by atoms with Crippen LogP contribution in [0.25, 0.3) is 21.6 Å². The molecule has 2 aliphatic heterocycles. The molecule has 2 aromatic rings. The Morgan fingerprint density at radius 2 is 2.25 bits per heavy atom. The van der Waals surface area contributed by atoms with Gasteiger partial charge in [0.2, 0.25) is 0 Å². The molecule has 2 aliphatic rings. The second-order valence-corrected chi connectivity index (χ2v) is 4.63. The van der Waals surface area contributed by atoms with Gasteiger partial charge in [-0.2, -0.15) is 0 Å². The maximum Gasteiger partial charge on any atom is 0.167 e. The molecule has 0 amide bonds. The molecule has 4 rings (SSSR count). The summed E-state index contributed by atoms with van der Waals surface area (Å²) in [6.45, 7) is 0.248. The number of hydrogen-bond acceptors (Lipinski definition) is 7. The second-order valence-electron chi connectivity index (χ2n) is 4.63. The summed E-state index contributed by atoms with van der Waals surface area (Å²) in [6.07, 6.45) is 2.31. The van der Waals surface area contributed by atoms with Crippen molar-refractivity contribution in [3.63, 3.8) is 0 Å². The topological polar surface area (TPSA) is 140 Å². The van der Waals surface area contributed by atoms with Gasteiger partial charge in [0, 0.05) is 4.91 Å². The standard InChI is InChI=1S/C10H10N8O2/c11-8-5-9(14-2-13-8)18(3-15-5)10-7-6(20-7)4(19-10)1-16-17-12/h2-4,6-7,10H,1H2,(H2,11,13,14)/t4-,6-,7-,10+/m0/s1. The maximum atomic E-state index is 8.36. The Hall–Kier alpha value is -2.42. The summed E-state index contributed by atoms with van der Waals surface area (Å²) in [5.74, 6) is 0.325. The van der Waals surface area contributed by atoms with E-state index in [9.17, 15) is 0 Å². The smallest absolute Gasteiger partial charge is 0.167 e. The Labute approximate surface area is 112 Å². The zero-order valence-electron chi connectivity index (χ0n) is 10.2. The molecule has 0 unspecified atom stereocenters. The molecule has 0 aliphatic carbocycles. The van der Waals surface area contributed by atoms with Gasteiger partial charge in [-0.25, -0.2) is 15.0 Å². The Morgan fingerprint density at radius 1 is 1.35 bits per heavy atom. The molecule has 0 bridgehead atoms. The first kappa shape index (κ1) is 11.4. The lowest BCUT2D eigenvalue weighted by molar-refractivity contribution is -0.0605. The fourth-order valence-corrected chi connectivity index (χ4v) is 2.54. The van der Waals surface area contributed by atoms with Crippen molar-refractivity contribution >= 4 is 17.0 Å². The normalized spacial score (nSPS) is 31.0. The number of aromatic nitrogens is 4. The van der Waals surface area contributed by atoms with Gasteiger partial charge in [0.1, 0.15) is 24.1 Å². The first-order valence-corrected chi connectivity index (χ1v) is 6.04. The van der Waals surface area contributed by atoms with Crippen molar-refractivity contribution in [3.05, 3.63) is 23.1 Å². The van der Waals surface area contributed by atoms with Crippen molar-refractivity contribution in [2.45, 2.75) is 24.5 Å². The number of fused-ring (bicyclic) bond motifs is 2. The lowest BCUT2D eigenvalue weighted by atomic mass is 10.2. The highest BCUT2D eigenvalue weighted by Crippen LogP contribution is 2.45. The summed E-state index contributed by atoms with van der Waals surface area (Å²) >= 11 is 0. The fourth-order valence-electron chi connectivity index (χ4n) is 2.54. The number of nitrogens with zero attached hydrogens (tertiary/aromatic N) is 7. The highest BCUT2D eigenvalue weighted by atomic mass is 16.7. The monoisotopic (exact) mass is 274 g/mol. The zero-order chi connectivity index (χ0) is 13.7. The number of imidazole rings is 1. The van der Waals surface area contributed by atoms with E-state index < -0.39 is 0 Å². The number of anilines is 1. The van der Waals surface area contributed by atoms with Crippen LogP contribution in [-0.4, -0.2) is 44.4 Å². The molecule has 10 heteroatoms. The van der Waals surface area contributed by atoms with Crippen LogP contribution < -0.4 is 5.73 Å². The summed E-state index contributed by atoms with van der Waals surface area (Å²) in [5.41, 5.74) is 15.2. The van der Waals surface area contributed by atoms with E-state index in [1.165, 1.54) is 6.33 Å². The molecule has 0 radical (unpaired) electrons. The van der Waals surface area contributed by atoms with Crippen LogP contribution in [0.4, 0.5) is 5.82 Å². The first-order valence-electron chi connectivity index (χ1n) is 6.04. The lowest BCUT2D eigenvalue weighted by Crippen LogP contribution is -2.21. The van der Waals surface area contributed by atoms with Crippen LogP contribution in [0.1, 0.15) is 6.23 Å². The lowest BCUT2D eigenvalue weighted by Gasteiger charge is -2.17. The Morgan fingerprint density at radius 3 is 3.10 bits per heavy atom. The van der Waals surface area contributed by atoms with E-state index >= 15 is 0 Å². The number of nitrogens with two attached hydrogens (primary N) is 1. The molecule has 10 nitrogen and oxygen atoms in total. The SMILES string of the molecule is [N-]=[N+]=NC[C@@H]1O[C@@H](n2cnc3c(N)ncnc32)[C@H]2O[C@H]21. The maximum absolute atomic E-state index is 8.36. The van der Waals surface area contributed by atoms with E-state index in [4.69, 9.17) is 20.7 Å². The van der Waals surface area contributed by atoms with Crippen molar-refractivity contribution in [1.82, 2.24) is 19.5 Å². The average molecular weight is 274 g/mol. The average Bonchev–Trinajstić information content (AvgIpc) is 2.99. The van der Waals surface area contributed by atoms with E-state index in [1.807, 2.05) is 0 Å². The minimum atomic E-state index is -0.335. The van der Waals surface area contributed by atoms with Crippen LogP contribution in [-0.2, 0) is 9.47 Å². The third-order valence-electron chi connectivity index (χ3n) is 3.51. The van der Waals surface area contributed by atoms with Gasteiger partial charge in [0.25, 0.3) is 0 Å². The predicted molar refractivity (Wildman–Crippen MR) is 66.3 cm³/mol. The van der Waals surface area contributed by atoms with E-state index in [0.29, 0.717) is 17.0 Å². The Bertz CT molecular complexity index is 723.